The number of fused-ring (bicyclic) bond motifs is 1. The topological polar surface area (TPSA) is 111 Å². The van der Waals surface area contributed by atoms with Crippen molar-refractivity contribution in [3.63, 3.8) is 0 Å². The molecule has 164 valence electrons. The molecule has 0 unspecified atom stereocenters. The Kier molecular flexibility index (Phi) is 6.19. The number of alkyl carbamates (subject to hydrolysis) is 1. The second kappa shape index (κ2) is 8.49. The van der Waals surface area contributed by atoms with Gasteiger partial charge in [0.25, 0.3) is 5.69 Å². The van der Waals surface area contributed by atoms with Crippen LogP contribution in [-0.4, -0.2) is 48.3 Å². The molecule has 1 aliphatic heterocycles. The van der Waals surface area contributed by atoms with E-state index < -0.39 is 22.6 Å². The van der Waals surface area contributed by atoms with Gasteiger partial charge in [0.05, 0.1) is 12.0 Å². The number of esters is 1. The van der Waals surface area contributed by atoms with E-state index in [1.54, 1.807) is 6.07 Å². The van der Waals surface area contributed by atoms with Crippen LogP contribution in [0.4, 0.5) is 16.2 Å². The van der Waals surface area contributed by atoms with Crippen molar-refractivity contribution in [1.82, 2.24) is 5.32 Å². The monoisotopic (exact) mass is 419 g/mol. The quantitative estimate of drug-likeness (QED) is 0.451. The lowest BCUT2D eigenvalue weighted by molar-refractivity contribution is -0.385. The van der Waals surface area contributed by atoms with Crippen LogP contribution < -0.4 is 10.2 Å². The molecule has 3 rings (SSSR count). The second-order valence-electron chi connectivity index (χ2n) is 8.84. The van der Waals surface area contributed by atoms with Crippen molar-refractivity contribution in [2.24, 2.45) is 0 Å². The molecule has 0 atom stereocenters. The summed E-state index contributed by atoms with van der Waals surface area (Å²) < 4.78 is 10.1. The number of amides is 1. The number of nitro benzene ring substituents is 1. The predicted octanol–water partition coefficient (Wildman–Crippen LogP) is 3.58. The summed E-state index contributed by atoms with van der Waals surface area (Å²) in [6.07, 6.45) is 3.72. The van der Waals surface area contributed by atoms with Gasteiger partial charge >= 0.3 is 12.1 Å². The molecular weight excluding hydrogens is 390 g/mol. The highest BCUT2D eigenvalue weighted by Gasteiger charge is 2.34. The maximum Gasteiger partial charge on any atom is 0.407 e. The predicted molar refractivity (Wildman–Crippen MR) is 111 cm³/mol. The molecule has 9 nitrogen and oxygen atoms in total. The lowest BCUT2D eigenvalue weighted by Gasteiger charge is -2.36. The zero-order chi connectivity index (χ0) is 22.1. The number of nitro groups is 1. The van der Waals surface area contributed by atoms with Gasteiger partial charge in [0.15, 0.2) is 0 Å². The number of rotatable bonds is 4. The van der Waals surface area contributed by atoms with Crippen LogP contribution in [0.25, 0.3) is 0 Å². The fourth-order valence-corrected chi connectivity index (χ4v) is 4.26. The van der Waals surface area contributed by atoms with Gasteiger partial charge in [-0.3, -0.25) is 10.1 Å². The Morgan fingerprint density at radius 2 is 1.87 bits per heavy atom. The van der Waals surface area contributed by atoms with Gasteiger partial charge in [-0.1, -0.05) is 0 Å². The molecule has 0 saturated heterocycles. The average molecular weight is 419 g/mol. The minimum Gasteiger partial charge on any atom is -0.465 e. The summed E-state index contributed by atoms with van der Waals surface area (Å²) in [4.78, 5) is 37.1. The van der Waals surface area contributed by atoms with E-state index in [0.717, 1.165) is 43.5 Å². The number of hydrogen-bond donors (Lipinski definition) is 1. The van der Waals surface area contributed by atoms with Gasteiger partial charge in [0.2, 0.25) is 0 Å². The van der Waals surface area contributed by atoms with Crippen LogP contribution in [0.2, 0.25) is 0 Å². The number of nitrogens with zero attached hydrogens (tertiary/aromatic N) is 2. The maximum atomic E-state index is 12.1. The number of carbonyl (C=O) groups excluding carboxylic acids is 2. The van der Waals surface area contributed by atoms with Gasteiger partial charge in [0.1, 0.15) is 11.2 Å². The van der Waals surface area contributed by atoms with Gasteiger partial charge in [-0.05, 0) is 64.5 Å². The Morgan fingerprint density at radius 1 is 1.20 bits per heavy atom. The highest BCUT2D eigenvalue weighted by atomic mass is 16.6. The Bertz CT molecular complexity index is 840. The molecule has 1 aliphatic carbocycles. The van der Waals surface area contributed by atoms with Gasteiger partial charge in [-0.15, -0.1) is 0 Å². The number of benzene rings is 1. The van der Waals surface area contributed by atoms with Crippen LogP contribution in [-0.2, 0) is 15.9 Å². The molecule has 1 aromatic rings. The highest BCUT2D eigenvalue weighted by molar-refractivity contribution is 5.95. The van der Waals surface area contributed by atoms with Crippen molar-refractivity contribution in [2.75, 3.05) is 18.6 Å². The number of hydrogen-bond acceptors (Lipinski definition) is 7. The minimum absolute atomic E-state index is 0.0200. The molecule has 30 heavy (non-hydrogen) atoms. The van der Waals surface area contributed by atoms with Gasteiger partial charge < -0.3 is 19.7 Å². The van der Waals surface area contributed by atoms with Gasteiger partial charge in [-0.25, -0.2) is 9.59 Å². The van der Waals surface area contributed by atoms with E-state index >= 15 is 0 Å². The Hall–Kier alpha value is -2.84. The zero-order valence-electron chi connectivity index (χ0n) is 17.9. The minimum atomic E-state index is -0.707. The van der Waals surface area contributed by atoms with E-state index in [1.165, 1.54) is 13.2 Å². The van der Waals surface area contributed by atoms with Gasteiger partial charge in [-0.2, -0.15) is 0 Å². The van der Waals surface area contributed by atoms with Crippen LogP contribution in [0.5, 0.6) is 0 Å². The molecule has 1 aromatic carbocycles. The van der Waals surface area contributed by atoms with E-state index in [0.29, 0.717) is 6.42 Å². The maximum absolute atomic E-state index is 12.1. The van der Waals surface area contributed by atoms with Crippen molar-refractivity contribution in [1.29, 1.82) is 0 Å². The molecule has 1 fully saturated rings. The van der Waals surface area contributed by atoms with E-state index in [9.17, 15) is 19.7 Å². The first-order chi connectivity index (χ1) is 14.1. The largest absolute Gasteiger partial charge is 0.465 e. The smallest absolute Gasteiger partial charge is 0.407 e. The molecule has 0 bridgehead atoms. The molecule has 1 amide bonds. The van der Waals surface area contributed by atoms with E-state index in [4.69, 9.17) is 9.47 Å². The lowest BCUT2D eigenvalue weighted by atomic mass is 9.90. The number of ether oxygens (including phenoxy) is 2. The summed E-state index contributed by atoms with van der Waals surface area (Å²) in [5.41, 5.74) is 0.981. The SMILES string of the molecule is COC(=O)c1cc2c(cc1[N+](=O)[O-])CCN2C1CCC(NC(=O)OC(C)(C)C)CC1. The number of anilines is 1. The van der Waals surface area contributed by atoms with Crippen LogP contribution >= 0.6 is 0 Å². The summed E-state index contributed by atoms with van der Waals surface area (Å²) >= 11 is 0. The first kappa shape index (κ1) is 21.9. The van der Waals surface area contributed by atoms with Crippen molar-refractivity contribution >= 4 is 23.4 Å². The molecule has 0 aromatic heterocycles. The number of nitrogens with one attached hydrogen (secondary N) is 1. The average Bonchev–Trinajstić information content (AvgIpc) is 3.08. The van der Waals surface area contributed by atoms with E-state index in [2.05, 4.69) is 10.2 Å². The first-order valence-corrected chi connectivity index (χ1v) is 10.2. The fraction of sp³-hybridized carbons (Fsp3) is 0.619. The lowest BCUT2D eigenvalue weighted by Crippen LogP contribution is -2.45. The standard InChI is InChI=1S/C21H29N3O6/c1-21(2,3)30-20(26)22-14-5-7-15(8-6-14)23-10-9-13-11-18(24(27)28)16(12-17(13)23)19(25)29-4/h11-12,14-15H,5-10H2,1-4H3,(H,22,26). The van der Waals surface area contributed by atoms with Crippen molar-refractivity contribution in [3.8, 4) is 0 Å². The molecule has 0 radical (unpaired) electrons. The number of methoxy groups -OCH3 is 1. The van der Waals surface area contributed by atoms with Crippen LogP contribution in [0, 0.1) is 10.1 Å². The van der Waals surface area contributed by atoms with Crippen molar-refractivity contribution in [3.05, 3.63) is 33.4 Å². The summed E-state index contributed by atoms with van der Waals surface area (Å²) in [6, 6.07) is 3.42. The summed E-state index contributed by atoms with van der Waals surface area (Å²) in [6.45, 7) is 6.26. The summed E-state index contributed by atoms with van der Waals surface area (Å²) in [7, 11) is 1.22. The molecule has 1 saturated carbocycles. The molecule has 9 heteroatoms. The molecule has 1 N–H and O–H groups in total. The third-order valence-corrected chi connectivity index (χ3v) is 5.59. The molecule has 0 spiro atoms. The second-order valence-corrected chi connectivity index (χ2v) is 8.84. The third-order valence-electron chi connectivity index (χ3n) is 5.59. The highest BCUT2D eigenvalue weighted by Crippen LogP contribution is 2.38. The molecule has 1 heterocycles. The molecular formula is C21H29N3O6. The van der Waals surface area contributed by atoms with Crippen molar-refractivity contribution < 1.29 is 24.0 Å². The third kappa shape index (κ3) is 4.83. The van der Waals surface area contributed by atoms with E-state index in [-0.39, 0.29) is 23.3 Å². The Labute approximate surface area is 175 Å². The number of carbonyl (C=O) groups is 2. The van der Waals surface area contributed by atoms with Crippen molar-refractivity contribution in [2.45, 2.75) is 70.6 Å². The van der Waals surface area contributed by atoms with Crippen LogP contribution in [0.1, 0.15) is 62.4 Å². The first-order valence-electron chi connectivity index (χ1n) is 10.2. The van der Waals surface area contributed by atoms with Crippen LogP contribution in [0.3, 0.4) is 0 Å². The van der Waals surface area contributed by atoms with Gasteiger partial charge in [0, 0.05) is 30.4 Å². The zero-order valence-corrected chi connectivity index (χ0v) is 17.9. The Balaban J connectivity index is 1.68. The Morgan fingerprint density at radius 3 is 2.43 bits per heavy atom. The summed E-state index contributed by atoms with van der Waals surface area (Å²) in [5.74, 6) is -0.707. The van der Waals surface area contributed by atoms with E-state index in [1.807, 2.05) is 20.8 Å². The normalized spacial score (nSPS) is 21.0. The van der Waals surface area contributed by atoms with Crippen LogP contribution in [0.15, 0.2) is 12.1 Å². The summed E-state index contributed by atoms with van der Waals surface area (Å²) in [5, 5.41) is 14.3. The molecule has 2 aliphatic rings. The fourth-order valence-electron chi connectivity index (χ4n) is 4.26.